The minimum Gasteiger partial charge on any atom is -0.493 e. The van der Waals surface area contributed by atoms with Crippen LogP contribution in [-0.4, -0.2) is 12.4 Å². The maximum absolute atomic E-state index is 11.1. The third kappa shape index (κ3) is 3.86. The van der Waals surface area contributed by atoms with Crippen LogP contribution in [0.25, 0.3) is 0 Å². The smallest absolute Gasteiger partial charge is 0.129 e. The molecule has 0 amide bonds. The molecule has 0 saturated carbocycles. The standard InChI is InChI=1S/C16H24O2/c1-6-18-16-13(4)9-11(2)10-15(16)12(3)7-8-14(5)17/h9-10,12H,6-8H2,1-5H3. The van der Waals surface area contributed by atoms with Gasteiger partial charge in [-0.1, -0.05) is 24.6 Å². The minimum atomic E-state index is 0.254. The van der Waals surface area contributed by atoms with Crippen molar-refractivity contribution in [3.63, 3.8) is 0 Å². The Hall–Kier alpha value is -1.31. The Kier molecular flexibility index (Phi) is 5.39. The number of ketones is 1. The summed E-state index contributed by atoms with van der Waals surface area (Å²) in [6.07, 6.45) is 1.53. The van der Waals surface area contributed by atoms with Gasteiger partial charge in [-0.2, -0.15) is 0 Å². The molecule has 2 nitrogen and oxygen atoms in total. The van der Waals surface area contributed by atoms with Crippen LogP contribution in [0, 0.1) is 13.8 Å². The van der Waals surface area contributed by atoms with Gasteiger partial charge in [-0.3, -0.25) is 0 Å². The van der Waals surface area contributed by atoms with Gasteiger partial charge in [0.1, 0.15) is 11.5 Å². The Morgan fingerprint density at radius 1 is 1.33 bits per heavy atom. The summed E-state index contributed by atoms with van der Waals surface area (Å²) >= 11 is 0. The molecule has 1 aromatic rings. The van der Waals surface area contributed by atoms with E-state index in [0.29, 0.717) is 18.9 Å². The van der Waals surface area contributed by atoms with E-state index in [0.717, 1.165) is 12.2 Å². The molecule has 0 spiro atoms. The van der Waals surface area contributed by atoms with Crippen molar-refractivity contribution in [1.29, 1.82) is 0 Å². The molecule has 0 aromatic heterocycles. The van der Waals surface area contributed by atoms with E-state index in [2.05, 4.69) is 32.9 Å². The van der Waals surface area contributed by atoms with Crippen LogP contribution in [0.3, 0.4) is 0 Å². The highest BCUT2D eigenvalue weighted by Crippen LogP contribution is 2.33. The first-order valence-corrected chi connectivity index (χ1v) is 6.69. The van der Waals surface area contributed by atoms with E-state index >= 15 is 0 Å². The SMILES string of the molecule is CCOc1c(C)cc(C)cc1C(C)CCC(C)=O. The predicted octanol–water partition coefficient (Wildman–Crippen LogP) is 4.17. The lowest BCUT2D eigenvalue weighted by molar-refractivity contribution is -0.117. The van der Waals surface area contributed by atoms with Gasteiger partial charge < -0.3 is 9.53 Å². The fourth-order valence-corrected chi connectivity index (χ4v) is 2.27. The van der Waals surface area contributed by atoms with Crippen molar-refractivity contribution < 1.29 is 9.53 Å². The lowest BCUT2D eigenvalue weighted by Gasteiger charge is -2.19. The Morgan fingerprint density at radius 3 is 2.56 bits per heavy atom. The van der Waals surface area contributed by atoms with E-state index < -0.39 is 0 Å². The molecule has 1 rings (SSSR count). The van der Waals surface area contributed by atoms with E-state index in [9.17, 15) is 4.79 Å². The van der Waals surface area contributed by atoms with Gasteiger partial charge in [-0.25, -0.2) is 0 Å². The van der Waals surface area contributed by atoms with Crippen molar-refractivity contribution in [3.05, 3.63) is 28.8 Å². The van der Waals surface area contributed by atoms with E-state index in [4.69, 9.17) is 4.74 Å². The average Bonchev–Trinajstić information content (AvgIpc) is 2.29. The molecule has 0 aliphatic rings. The first kappa shape index (κ1) is 14.7. The van der Waals surface area contributed by atoms with Gasteiger partial charge in [0.2, 0.25) is 0 Å². The quantitative estimate of drug-likeness (QED) is 0.755. The lowest BCUT2D eigenvalue weighted by atomic mass is 9.91. The highest BCUT2D eigenvalue weighted by Gasteiger charge is 2.15. The first-order chi connectivity index (χ1) is 8.45. The van der Waals surface area contributed by atoms with Gasteiger partial charge in [-0.15, -0.1) is 0 Å². The van der Waals surface area contributed by atoms with Crippen LogP contribution in [0.4, 0.5) is 0 Å². The topological polar surface area (TPSA) is 26.3 Å². The molecule has 0 bridgehead atoms. The van der Waals surface area contributed by atoms with Gasteiger partial charge in [0, 0.05) is 6.42 Å². The molecule has 2 heteroatoms. The number of hydrogen-bond acceptors (Lipinski definition) is 2. The molecule has 0 aliphatic heterocycles. The van der Waals surface area contributed by atoms with Crippen LogP contribution in [0.15, 0.2) is 12.1 Å². The Balaban J connectivity index is 3.00. The van der Waals surface area contributed by atoms with E-state index in [1.54, 1.807) is 6.92 Å². The summed E-state index contributed by atoms with van der Waals surface area (Å²) in [6.45, 7) is 10.7. The van der Waals surface area contributed by atoms with E-state index in [-0.39, 0.29) is 5.78 Å². The second-order valence-corrected chi connectivity index (χ2v) is 5.07. The van der Waals surface area contributed by atoms with Crippen molar-refractivity contribution in [2.24, 2.45) is 0 Å². The van der Waals surface area contributed by atoms with Crippen LogP contribution in [0.1, 0.15) is 56.2 Å². The molecule has 0 aliphatic carbocycles. The summed E-state index contributed by atoms with van der Waals surface area (Å²) in [5, 5.41) is 0. The summed E-state index contributed by atoms with van der Waals surface area (Å²) in [5.41, 5.74) is 3.66. The average molecular weight is 248 g/mol. The number of rotatable bonds is 6. The molecule has 0 fully saturated rings. The number of aryl methyl sites for hydroxylation is 2. The Bertz CT molecular complexity index is 421. The van der Waals surface area contributed by atoms with Crippen LogP contribution < -0.4 is 4.74 Å². The molecule has 1 atom stereocenters. The predicted molar refractivity (Wildman–Crippen MR) is 75.4 cm³/mol. The van der Waals surface area contributed by atoms with Gasteiger partial charge in [0.05, 0.1) is 6.61 Å². The minimum absolute atomic E-state index is 0.254. The number of ether oxygens (including phenoxy) is 1. The number of benzene rings is 1. The summed E-state index contributed by atoms with van der Waals surface area (Å²) < 4.78 is 5.77. The summed E-state index contributed by atoms with van der Waals surface area (Å²) in [4.78, 5) is 11.1. The van der Waals surface area contributed by atoms with Crippen molar-refractivity contribution in [1.82, 2.24) is 0 Å². The van der Waals surface area contributed by atoms with Crippen LogP contribution in [-0.2, 0) is 4.79 Å². The van der Waals surface area contributed by atoms with Crippen LogP contribution in [0.5, 0.6) is 5.75 Å². The Morgan fingerprint density at radius 2 is 2.00 bits per heavy atom. The molecular weight excluding hydrogens is 224 g/mol. The molecule has 0 heterocycles. The van der Waals surface area contributed by atoms with Crippen LogP contribution >= 0.6 is 0 Å². The number of carbonyl (C=O) groups is 1. The van der Waals surface area contributed by atoms with Gasteiger partial charge >= 0.3 is 0 Å². The third-order valence-electron chi connectivity index (χ3n) is 3.20. The molecule has 1 aromatic carbocycles. The van der Waals surface area contributed by atoms with Crippen LogP contribution in [0.2, 0.25) is 0 Å². The first-order valence-electron chi connectivity index (χ1n) is 6.69. The Labute approximate surface area is 110 Å². The molecule has 0 saturated heterocycles. The zero-order chi connectivity index (χ0) is 13.7. The number of Topliss-reactive ketones (excluding diaryl/α,β-unsaturated/α-hetero) is 1. The third-order valence-corrected chi connectivity index (χ3v) is 3.20. The zero-order valence-corrected chi connectivity index (χ0v) is 12.2. The largest absolute Gasteiger partial charge is 0.493 e. The fourth-order valence-electron chi connectivity index (χ4n) is 2.27. The van der Waals surface area contributed by atoms with E-state index in [1.807, 2.05) is 6.92 Å². The summed E-state index contributed by atoms with van der Waals surface area (Å²) in [6, 6.07) is 4.33. The second kappa shape index (κ2) is 6.58. The zero-order valence-electron chi connectivity index (χ0n) is 12.2. The van der Waals surface area contributed by atoms with E-state index in [1.165, 1.54) is 16.7 Å². The second-order valence-electron chi connectivity index (χ2n) is 5.07. The van der Waals surface area contributed by atoms with Gasteiger partial charge in [0.25, 0.3) is 0 Å². The number of hydrogen-bond donors (Lipinski definition) is 0. The van der Waals surface area contributed by atoms with Crippen molar-refractivity contribution in [2.45, 2.75) is 53.4 Å². The summed E-state index contributed by atoms with van der Waals surface area (Å²) in [7, 11) is 0. The monoisotopic (exact) mass is 248 g/mol. The highest BCUT2D eigenvalue weighted by atomic mass is 16.5. The molecule has 100 valence electrons. The molecule has 18 heavy (non-hydrogen) atoms. The van der Waals surface area contributed by atoms with Crippen molar-refractivity contribution >= 4 is 5.78 Å². The molecule has 1 unspecified atom stereocenters. The van der Waals surface area contributed by atoms with Crippen molar-refractivity contribution in [3.8, 4) is 5.75 Å². The maximum Gasteiger partial charge on any atom is 0.129 e. The lowest BCUT2D eigenvalue weighted by Crippen LogP contribution is -2.04. The molecule has 0 N–H and O–H groups in total. The maximum atomic E-state index is 11.1. The normalized spacial score (nSPS) is 12.3. The van der Waals surface area contributed by atoms with Crippen molar-refractivity contribution in [2.75, 3.05) is 6.61 Å². The summed E-state index contributed by atoms with van der Waals surface area (Å²) in [5.74, 6) is 1.61. The van der Waals surface area contributed by atoms with Gasteiger partial charge in [0.15, 0.2) is 0 Å². The fraction of sp³-hybridized carbons (Fsp3) is 0.562. The van der Waals surface area contributed by atoms with Gasteiger partial charge in [-0.05, 0) is 51.2 Å². The number of carbonyl (C=O) groups excluding carboxylic acids is 1. The molecular formula is C16H24O2. The molecule has 0 radical (unpaired) electrons. The highest BCUT2D eigenvalue weighted by molar-refractivity contribution is 5.75.